The van der Waals surface area contributed by atoms with E-state index in [-0.39, 0.29) is 24.1 Å². The van der Waals surface area contributed by atoms with Gasteiger partial charge in [0.1, 0.15) is 6.04 Å². The SMILES string of the molecule is C[C@@H](C1CCC1)N1C(=O)[C@H](NC(N)=O)Cc2ccc(C(F)(F)F)cc21. The van der Waals surface area contributed by atoms with Crippen LogP contribution in [0.5, 0.6) is 0 Å². The lowest BCUT2D eigenvalue weighted by Crippen LogP contribution is -2.58. The quantitative estimate of drug-likeness (QED) is 0.875. The second-order valence-electron chi connectivity index (χ2n) is 6.75. The number of alkyl halides is 3. The van der Waals surface area contributed by atoms with E-state index in [9.17, 15) is 22.8 Å². The van der Waals surface area contributed by atoms with Crippen LogP contribution in [0.4, 0.5) is 23.7 Å². The number of urea groups is 1. The third kappa shape index (κ3) is 3.29. The number of rotatable bonds is 3. The first-order valence-corrected chi connectivity index (χ1v) is 8.27. The van der Waals surface area contributed by atoms with Crippen LogP contribution in [0.1, 0.15) is 37.3 Å². The highest BCUT2D eigenvalue weighted by atomic mass is 19.4. The van der Waals surface area contributed by atoms with Crippen molar-refractivity contribution in [2.45, 2.75) is 50.9 Å². The fourth-order valence-electron chi connectivity index (χ4n) is 3.57. The van der Waals surface area contributed by atoms with E-state index in [2.05, 4.69) is 5.32 Å². The van der Waals surface area contributed by atoms with Gasteiger partial charge >= 0.3 is 12.2 Å². The number of halogens is 3. The minimum Gasteiger partial charge on any atom is -0.352 e. The number of nitrogens with two attached hydrogens (primary N) is 1. The first kappa shape index (κ1) is 17.6. The molecule has 0 spiro atoms. The summed E-state index contributed by atoms with van der Waals surface area (Å²) in [5.41, 5.74) is 5.22. The van der Waals surface area contributed by atoms with Crippen molar-refractivity contribution in [3.63, 3.8) is 0 Å². The molecule has 0 radical (unpaired) electrons. The number of nitrogens with one attached hydrogen (secondary N) is 1. The molecule has 1 fully saturated rings. The molecule has 1 aliphatic heterocycles. The Morgan fingerprint density at radius 2 is 2.04 bits per heavy atom. The molecule has 1 aliphatic carbocycles. The van der Waals surface area contributed by atoms with Gasteiger partial charge in [0.15, 0.2) is 0 Å². The van der Waals surface area contributed by atoms with E-state index in [0.717, 1.165) is 31.4 Å². The van der Waals surface area contributed by atoms with Gasteiger partial charge in [-0.1, -0.05) is 12.5 Å². The zero-order chi connectivity index (χ0) is 18.4. The van der Waals surface area contributed by atoms with E-state index in [0.29, 0.717) is 5.56 Å². The molecule has 1 aromatic carbocycles. The molecule has 1 aromatic rings. The average molecular weight is 355 g/mol. The van der Waals surface area contributed by atoms with Gasteiger partial charge in [-0.25, -0.2) is 4.79 Å². The average Bonchev–Trinajstić information content (AvgIpc) is 2.44. The van der Waals surface area contributed by atoms with E-state index in [1.807, 2.05) is 6.92 Å². The van der Waals surface area contributed by atoms with Crippen LogP contribution in [0.2, 0.25) is 0 Å². The second kappa shape index (κ2) is 6.24. The van der Waals surface area contributed by atoms with Crippen molar-refractivity contribution in [2.75, 3.05) is 4.90 Å². The van der Waals surface area contributed by atoms with Gasteiger partial charge in [0, 0.05) is 18.2 Å². The first-order chi connectivity index (χ1) is 11.7. The highest BCUT2D eigenvalue weighted by Crippen LogP contribution is 2.40. The van der Waals surface area contributed by atoms with Crippen LogP contribution in [-0.2, 0) is 17.4 Å². The van der Waals surface area contributed by atoms with Crippen molar-refractivity contribution in [3.8, 4) is 0 Å². The fourth-order valence-corrected chi connectivity index (χ4v) is 3.57. The number of carbonyl (C=O) groups is 2. The third-order valence-corrected chi connectivity index (χ3v) is 5.19. The Morgan fingerprint density at radius 1 is 1.36 bits per heavy atom. The van der Waals surface area contributed by atoms with E-state index in [1.165, 1.54) is 11.0 Å². The fraction of sp³-hybridized carbons (Fsp3) is 0.529. The third-order valence-electron chi connectivity index (χ3n) is 5.19. The largest absolute Gasteiger partial charge is 0.416 e. The molecular formula is C17H20F3N3O2. The molecule has 3 amide bonds. The molecule has 2 atom stereocenters. The van der Waals surface area contributed by atoms with Crippen LogP contribution in [0, 0.1) is 5.92 Å². The molecule has 1 heterocycles. The smallest absolute Gasteiger partial charge is 0.352 e. The molecule has 5 nitrogen and oxygen atoms in total. The molecule has 25 heavy (non-hydrogen) atoms. The lowest BCUT2D eigenvalue weighted by Gasteiger charge is -2.43. The van der Waals surface area contributed by atoms with Gasteiger partial charge in [-0.15, -0.1) is 0 Å². The summed E-state index contributed by atoms with van der Waals surface area (Å²) in [4.78, 5) is 25.4. The molecule has 0 bridgehead atoms. The summed E-state index contributed by atoms with van der Waals surface area (Å²) < 4.78 is 39.3. The summed E-state index contributed by atoms with van der Waals surface area (Å²) in [6.07, 6.45) is -1.43. The zero-order valence-electron chi connectivity index (χ0n) is 13.8. The summed E-state index contributed by atoms with van der Waals surface area (Å²) in [5, 5.41) is 2.40. The number of anilines is 1. The molecule has 0 aromatic heterocycles. The predicted molar refractivity (Wildman–Crippen MR) is 85.9 cm³/mol. The molecule has 2 aliphatic rings. The van der Waals surface area contributed by atoms with Crippen LogP contribution in [-0.4, -0.2) is 24.0 Å². The van der Waals surface area contributed by atoms with Crippen molar-refractivity contribution < 1.29 is 22.8 Å². The number of fused-ring (bicyclic) bond motifs is 1. The van der Waals surface area contributed by atoms with Gasteiger partial charge in [-0.2, -0.15) is 13.2 Å². The summed E-state index contributed by atoms with van der Waals surface area (Å²) in [6, 6.07) is 1.49. The van der Waals surface area contributed by atoms with Crippen LogP contribution in [0.3, 0.4) is 0 Å². The molecule has 0 saturated heterocycles. The van der Waals surface area contributed by atoms with E-state index < -0.39 is 29.7 Å². The number of carbonyl (C=O) groups excluding carboxylic acids is 2. The Hall–Kier alpha value is -2.25. The Morgan fingerprint density at radius 3 is 2.56 bits per heavy atom. The second-order valence-corrected chi connectivity index (χ2v) is 6.75. The van der Waals surface area contributed by atoms with Crippen molar-refractivity contribution >= 4 is 17.6 Å². The van der Waals surface area contributed by atoms with Crippen molar-refractivity contribution in [1.29, 1.82) is 0 Å². The van der Waals surface area contributed by atoms with Gasteiger partial charge in [-0.3, -0.25) is 4.79 Å². The topological polar surface area (TPSA) is 75.4 Å². The van der Waals surface area contributed by atoms with Gasteiger partial charge in [0.2, 0.25) is 5.91 Å². The van der Waals surface area contributed by atoms with Gasteiger partial charge in [0.05, 0.1) is 5.56 Å². The molecule has 0 unspecified atom stereocenters. The minimum absolute atomic E-state index is 0.128. The first-order valence-electron chi connectivity index (χ1n) is 8.27. The summed E-state index contributed by atoms with van der Waals surface area (Å²) in [6.45, 7) is 1.85. The maximum Gasteiger partial charge on any atom is 0.416 e. The maximum atomic E-state index is 13.1. The number of primary amides is 1. The van der Waals surface area contributed by atoms with Crippen molar-refractivity contribution in [2.24, 2.45) is 11.7 Å². The number of benzene rings is 1. The summed E-state index contributed by atoms with van der Waals surface area (Å²) >= 11 is 0. The Labute approximate surface area is 143 Å². The molecule has 3 rings (SSSR count). The van der Waals surface area contributed by atoms with Crippen LogP contribution < -0.4 is 16.0 Å². The van der Waals surface area contributed by atoms with Crippen LogP contribution >= 0.6 is 0 Å². The van der Waals surface area contributed by atoms with Gasteiger partial charge in [-0.05, 0) is 43.4 Å². The Balaban J connectivity index is 2.03. The number of amides is 3. The lowest BCUT2D eigenvalue weighted by atomic mass is 9.78. The highest BCUT2D eigenvalue weighted by molar-refractivity contribution is 6.02. The zero-order valence-corrected chi connectivity index (χ0v) is 13.8. The number of nitrogens with zero attached hydrogens (tertiary/aromatic N) is 1. The predicted octanol–water partition coefficient (Wildman–Crippen LogP) is 2.82. The van der Waals surface area contributed by atoms with Gasteiger partial charge in [0.25, 0.3) is 0 Å². The van der Waals surface area contributed by atoms with E-state index in [1.54, 1.807) is 0 Å². The monoisotopic (exact) mass is 355 g/mol. The maximum absolute atomic E-state index is 13.1. The molecule has 8 heteroatoms. The standard InChI is InChI=1S/C17H20F3N3O2/c1-9(10-3-2-4-10)23-14-8-12(17(18,19)20)6-5-11(14)7-13(15(23)24)22-16(21)25/h5-6,8-10,13H,2-4,7H2,1H3,(H3,21,22,25)/t9-,13+/m0/s1. The summed E-state index contributed by atoms with van der Waals surface area (Å²) in [5.74, 6) is -0.163. The van der Waals surface area contributed by atoms with Crippen LogP contribution in [0.25, 0.3) is 0 Å². The van der Waals surface area contributed by atoms with Crippen LogP contribution in [0.15, 0.2) is 18.2 Å². The summed E-state index contributed by atoms with van der Waals surface area (Å²) in [7, 11) is 0. The van der Waals surface area contributed by atoms with Gasteiger partial charge < -0.3 is 16.0 Å². The highest BCUT2D eigenvalue weighted by Gasteiger charge is 2.41. The van der Waals surface area contributed by atoms with Crippen molar-refractivity contribution in [1.82, 2.24) is 5.32 Å². The molecular weight excluding hydrogens is 335 g/mol. The Bertz CT molecular complexity index is 701. The normalized spacial score (nSPS) is 22.2. The van der Waals surface area contributed by atoms with E-state index >= 15 is 0 Å². The number of hydrogen-bond donors (Lipinski definition) is 2. The van der Waals surface area contributed by atoms with E-state index in [4.69, 9.17) is 5.73 Å². The molecule has 3 N–H and O–H groups in total. The molecule has 1 saturated carbocycles. The number of hydrogen-bond acceptors (Lipinski definition) is 2. The lowest BCUT2D eigenvalue weighted by molar-refractivity contribution is -0.137. The molecule has 136 valence electrons. The van der Waals surface area contributed by atoms with Crippen molar-refractivity contribution in [3.05, 3.63) is 29.3 Å². The Kier molecular flexibility index (Phi) is 4.38. The minimum atomic E-state index is -4.48.